The number of hydrogen-bond acceptors (Lipinski definition) is 6. The molecule has 156 valence electrons. The summed E-state index contributed by atoms with van der Waals surface area (Å²) in [5.74, 6) is 0.854. The summed E-state index contributed by atoms with van der Waals surface area (Å²) >= 11 is 1.78. The summed E-state index contributed by atoms with van der Waals surface area (Å²) in [4.78, 5) is 6.62. The number of pyridine rings is 1. The summed E-state index contributed by atoms with van der Waals surface area (Å²) in [5, 5.41) is 15.9. The molecule has 0 spiro atoms. The van der Waals surface area contributed by atoms with Crippen molar-refractivity contribution in [2.75, 3.05) is 37.8 Å². The second kappa shape index (κ2) is 8.37. The van der Waals surface area contributed by atoms with Crippen molar-refractivity contribution in [2.45, 2.75) is 0 Å². The number of hydrogen-bond donors (Lipinski definition) is 3. The van der Waals surface area contributed by atoms with E-state index in [2.05, 4.69) is 93.3 Å². The zero-order valence-electron chi connectivity index (χ0n) is 17.5. The van der Waals surface area contributed by atoms with Crippen LogP contribution < -0.4 is 10.6 Å². The van der Waals surface area contributed by atoms with Crippen LogP contribution in [0.25, 0.3) is 31.6 Å². The lowest BCUT2D eigenvalue weighted by molar-refractivity contribution is 0.425. The third kappa shape index (κ3) is 3.97. The number of aromatic amines is 1. The fraction of sp³-hybridized carbons (Fsp3) is 0.167. The summed E-state index contributed by atoms with van der Waals surface area (Å²) in [7, 11) is 4.12. The number of nitrogens with zero attached hydrogens (tertiary/aromatic N) is 3. The van der Waals surface area contributed by atoms with Gasteiger partial charge >= 0.3 is 0 Å². The van der Waals surface area contributed by atoms with Crippen LogP contribution in [-0.2, 0) is 0 Å². The molecule has 3 aromatic heterocycles. The zero-order chi connectivity index (χ0) is 21.2. The van der Waals surface area contributed by atoms with Gasteiger partial charge in [-0.05, 0) is 44.4 Å². The van der Waals surface area contributed by atoms with Crippen LogP contribution in [0.3, 0.4) is 0 Å². The predicted octanol–water partition coefficient (Wildman–Crippen LogP) is 5.56. The van der Waals surface area contributed by atoms with Crippen LogP contribution in [0.5, 0.6) is 0 Å². The van der Waals surface area contributed by atoms with Crippen LogP contribution in [0, 0.1) is 0 Å². The van der Waals surface area contributed by atoms with Gasteiger partial charge < -0.3 is 15.5 Å². The first kappa shape index (κ1) is 19.5. The van der Waals surface area contributed by atoms with Crippen molar-refractivity contribution >= 4 is 48.8 Å². The molecule has 0 aliphatic rings. The number of anilines is 3. The average molecular weight is 429 g/mol. The van der Waals surface area contributed by atoms with Crippen molar-refractivity contribution < 1.29 is 0 Å². The molecule has 6 nitrogen and oxygen atoms in total. The first-order chi connectivity index (χ1) is 15.2. The largest absolute Gasteiger partial charge is 0.367 e. The van der Waals surface area contributed by atoms with Crippen LogP contribution in [0.15, 0.2) is 66.9 Å². The van der Waals surface area contributed by atoms with Crippen LogP contribution in [0.2, 0.25) is 0 Å². The summed E-state index contributed by atoms with van der Waals surface area (Å²) < 4.78 is 2.47. The maximum absolute atomic E-state index is 4.59. The molecule has 0 saturated heterocycles. The fourth-order valence-electron chi connectivity index (χ4n) is 3.59. The van der Waals surface area contributed by atoms with Crippen molar-refractivity contribution in [1.82, 2.24) is 20.1 Å². The highest BCUT2D eigenvalue weighted by Gasteiger charge is 2.14. The van der Waals surface area contributed by atoms with Crippen molar-refractivity contribution in [3.05, 3.63) is 66.9 Å². The van der Waals surface area contributed by atoms with Crippen LogP contribution in [0.4, 0.5) is 17.2 Å². The van der Waals surface area contributed by atoms with Gasteiger partial charge in [0.1, 0.15) is 11.5 Å². The average Bonchev–Trinajstić information content (AvgIpc) is 3.35. The van der Waals surface area contributed by atoms with E-state index in [1.54, 1.807) is 17.5 Å². The number of H-pyrrole nitrogens is 1. The molecular weight excluding hydrogens is 404 g/mol. The molecule has 5 aromatic rings. The Hall–Kier alpha value is -3.42. The van der Waals surface area contributed by atoms with Gasteiger partial charge in [-0.15, -0.1) is 11.3 Å². The van der Waals surface area contributed by atoms with Crippen LogP contribution >= 0.6 is 11.3 Å². The van der Waals surface area contributed by atoms with Gasteiger partial charge in [0.15, 0.2) is 0 Å². The maximum Gasteiger partial charge on any atom is 0.149 e. The van der Waals surface area contributed by atoms with Crippen molar-refractivity contribution in [3.63, 3.8) is 0 Å². The maximum atomic E-state index is 4.59. The highest BCUT2D eigenvalue weighted by Crippen LogP contribution is 2.38. The normalized spacial score (nSPS) is 11.5. The highest BCUT2D eigenvalue weighted by molar-refractivity contribution is 7.26. The Balaban J connectivity index is 1.37. The first-order valence-corrected chi connectivity index (χ1v) is 11.1. The Morgan fingerprint density at radius 1 is 1.00 bits per heavy atom. The van der Waals surface area contributed by atoms with Crippen molar-refractivity contribution in [3.8, 4) is 11.3 Å². The van der Waals surface area contributed by atoms with E-state index in [1.807, 2.05) is 12.1 Å². The molecular formula is C24H24N6S. The summed E-state index contributed by atoms with van der Waals surface area (Å²) in [6.07, 6.45) is 1.81. The molecule has 0 bridgehead atoms. The summed E-state index contributed by atoms with van der Waals surface area (Å²) in [6, 6.07) is 20.8. The summed E-state index contributed by atoms with van der Waals surface area (Å²) in [5.41, 5.74) is 5.17. The molecule has 0 radical (unpaired) electrons. The molecule has 2 aromatic carbocycles. The second-order valence-corrected chi connectivity index (χ2v) is 8.76. The van der Waals surface area contributed by atoms with E-state index < -0.39 is 0 Å². The van der Waals surface area contributed by atoms with Crippen molar-refractivity contribution in [2.24, 2.45) is 0 Å². The standard InChI is InChI=1S/C24H24N6S/c1-30(2)15-14-26-24-19(7-5-13-25-24)27-17-11-9-16(10-12-17)21-23-22(29-28-21)18-6-3-4-8-20(18)31-23/h3-13,27H,14-15H2,1-2H3,(H,25,26)(H,28,29). The topological polar surface area (TPSA) is 68.9 Å². The lowest BCUT2D eigenvalue weighted by Gasteiger charge is -2.15. The third-order valence-corrected chi connectivity index (χ3v) is 6.36. The fourth-order valence-corrected chi connectivity index (χ4v) is 4.76. The van der Waals surface area contributed by atoms with E-state index in [0.29, 0.717) is 0 Å². The molecule has 3 heterocycles. The van der Waals surface area contributed by atoms with E-state index in [0.717, 1.165) is 47.1 Å². The summed E-state index contributed by atoms with van der Waals surface area (Å²) in [6.45, 7) is 1.78. The van der Waals surface area contributed by atoms with Crippen LogP contribution in [-0.4, -0.2) is 47.3 Å². The van der Waals surface area contributed by atoms with Crippen LogP contribution in [0.1, 0.15) is 0 Å². The molecule has 0 fully saturated rings. The van der Waals surface area contributed by atoms with Gasteiger partial charge in [0.05, 0.1) is 15.9 Å². The minimum absolute atomic E-state index is 0.835. The molecule has 0 aliphatic heterocycles. The number of aromatic nitrogens is 3. The number of rotatable bonds is 7. The monoisotopic (exact) mass is 428 g/mol. The minimum atomic E-state index is 0.835. The lowest BCUT2D eigenvalue weighted by atomic mass is 10.1. The van der Waals surface area contributed by atoms with Gasteiger partial charge in [-0.1, -0.05) is 30.3 Å². The number of fused-ring (bicyclic) bond motifs is 3. The number of nitrogens with one attached hydrogen (secondary N) is 3. The highest BCUT2D eigenvalue weighted by atomic mass is 32.1. The Kier molecular flexibility index (Phi) is 5.28. The van der Waals surface area contributed by atoms with E-state index in [-0.39, 0.29) is 0 Å². The van der Waals surface area contributed by atoms with Gasteiger partial charge in [0, 0.05) is 40.6 Å². The number of likely N-dealkylation sites (N-methyl/N-ethyl adjacent to an activating group) is 1. The van der Waals surface area contributed by atoms with Crippen molar-refractivity contribution in [1.29, 1.82) is 0 Å². The number of benzene rings is 2. The Labute approximate surface area is 184 Å². The SMILES string of the molecule is CN(C)CCNc1ncccc1Nc1ccc(-c2n[nH]c3c2sc2ccccc23)cc1. The first-order valence-electron chi connectivity index (χ1n) is 10.3. The molecule has 7 heteroatoms. The molecule has 0 atom stereocenters. The molecule has 0 unspecified atom stereocenters. The van der Waals surface area contributed by atoms with Gasteiger partial charge in [-0.3, -0.25) is 5.10 Å². The van der Waals surface area contributed by atoms with E-state index in [9.17, 15) is 0 Å². The van der Waals surface area contributed by atoms with Gasteiger partial charge in [-0.2, -0.15) is 5.10 Å². The smallest absolute Gasteiger partial charge is 0.149 e. The Morgan fingerprint density at radius 3 is 2.68 bits per heavy atom. The molecule has 3 N–H and O–H groups in total. The lowest BCUT2D eigenvalue weighted by Crippen LogP contribution is -2.21. The Morgan fingerprint density at radius 2 is 1.84 bits per heavy atom. The predicted molar refractivity (Wildman–Crippen MR) is 131 cm³/mol. The van der Waals surface area contributed by atoms with E-state index in [4.69, 9.17) is 0 Å². The second-order valence-electron chi connectivity index (χ2n) is 7.71. The molecule has 0 aliphatic carbocycles. The molecule has 0 saturated carbocycles. The Bertz CT molecular complexity index is 1320. The molecule has 0 amide bonds. The third-order valence-electron chi connectivity index (χ3n) is 5.19. The zero-order valence-corrected chi connectivity index (χ0v) is 18.3. The van der Waals surface area contributed by atoms with Gasteiger partial charge in [0.25, 0.3) is 0 Å². The van der Waals surface area contributed by atoms with Gasteiger partial charge in [0.2, 0.25) is 0 Å². The van der Waals surface area contributed by atoms with E-state index >= 15 is 0 Å². The molecule has 5 rings (SSSR count). The van der Waals surface area contributed by atoms with E-state index in [1.165, 1.54) is 14.8 Å². The minimum Gasteiger partial charge on any atom is -0.367 e. The quantitative estimate of drug-likeness (QED) is 0.317. The van der Waals surface area contributed by atoms with Gasteiger partial charge in [-0.25, -0.2) is 4.98 Å². The molecule has 31 heavy (non-hydrogen) atoms. The number of thiophene rings is 1.